The van der Waals surface area contributed by atoms with Crippen LogP contribution in [0.25, 0.3) is 0 Å². The summed E-state index contributed by atoms with van der Waals surface area (Å²) in [6, 6.07) is 13.7. The number of rotatable bonds is 4. The lowest BCUT2D eigenvalue weighted by Crippen LogP contribution is -2.20. The maximum Gasteiger partial charge on any atom is 0.243 e. The fourth-order valence-corrected chi connectivity index (χ4v) is 3.40. The number of hydrazone groups is 1. The van der Waals surface area contributed by atoms with E-state index < -0.39 is 0 Å². The molecule has 0 aliphatic heterocycles. The molecule has 2 atom stereocenters. The van der Waals surface area contributed by atoms with Crippen molar-refractivity contribution in [2.75, 3.05) is 0 Å². The van der Waals surface area contributed by atoms with Gasteiger partial charge < -0.3 is 0 Å². The summed E-state index contributed by atoms with van der Waals surface area (Å²) in [5.74, 6) is 0.197. The molecule has 1 amide bonds. The zero-order valence-electron chi connectivity index (χ0n) is 15.1. The third-order valence-electron chi connectivity index (χ3n) is 4.67. The molecule has 0 bridgehead atoms. The van der Waals surface area contributed by atoms with Crippen LogP contribution in [0, 0.1) is 5.92 Å². The highest BCUT2D eigenvalue weighted by molar-refractivity contribution is 6.36. The van der Waals surface area contributed by atoms with Gasteiger partial charge in [-0.15, -0.1) is 0 Å². The third-order valence-corrected chi connectivity index (χ3v) is 5.24. The molecule has 5 heteroatoms. The van der Waals surface area contributed by atoms with Crippen molar-refractivity contribution < 1.29 is 4.79 Å². The van der Waals surface area contributed by atoms with E-state index in [0.717, 1.165) is 6.42 Å². The third kappa shape index (κ3) is 4.46. The number of amides is 1. The zero-order chi connectivity index (χ0) is 18.9. The second-order valence-corrected chi connectivity index (χ2v) is 8.56. The van der Waals surface area contributed by atoms with Crippen molar-refractivity contribution in [2.24, 2.45) is 11.0 Å². The van der Waals surface area contributed by atoms with E-state index >= 15 is 0 Å². The molecule has 136 valence electrons. The molecule has 1 aliphatic rings. The lowest BCUT2D eigenvalue weighted by atomic mass is 9.86. The lowest BCUT2D eigenvalue weighted by Gasteiger charge is -2.19. The van der Waals surface area contributed by atoms with Crippen molar-refractivity contribution in [3.63, 3.8) is 0 Å². The molecule has 0 spiro atoms. The molecule has 3 nitrogen and oxygen atoms in total. The Morgan fingerprint density at radius 1 is 1.15 bits per heavy atom. The summed E-state index contributed by atoms with van der Waals surface area (Å²) in [6.07, 6.45) is 2.39. The SMILES string of the molecule is CC(C)(C)c1ccc(C2CC2C(=O)N/N=C/c2ccc(Cl)cc2Cl)cc1. The Bertz CT molecular complexity index is 838. The number of halogens is 2. The van der Waals surface area contributed by atoms with Crippen LogP contribution in [0.15, 0.2) is 47.6 Å². The minimum atomic E-state index is -0.0590. The maximum atomic E-state index is 12.3. The van der Waals surface area contributed by atoms with Crippen molar-refractivity contribution >= 4 is 35.3 Å². The standard InChI is InChI=1S/C21H22Cl2N2O/c1-21(2,3)15-7-4-13(5-8-15)17-11-18(17)20(26)25-24-12-14-6-9-16(22)10-19(14)23/h4-10,12,17-18H,11H2,1-3H3,(H,25,26)/b24-12+. The summed E-state index contributed by atoms with van der Waals surface area (Å²) in [6.45, 7) is 6.58. The fraction of sp³-hybridized carbons (Fsp3) is 0.333. The molecule has 0 saturated heterocycles. The van der Waals surface area contributed by atoms with Crippen LogP contribution in [0.3, 0.4) is 0 Å². The molecule has 0 heterocycles. The predicted molar refractivity (Wildman–Crippen MR) is 108 cm³/mol. The normalized spacial score (nSPS) is 19.6. The quantitative estimate of drug-likeness (QED) is 0.541. The summed E-state index contributed by atoms with van der Waals surface area (Å²) in [5, 5.41) is 5.08. The van der Waals surface area contributed by atoms with Gasteiger partial charge in [0.15, 0.2) is 0 Å². The average Bonchev–Trinajstić information content (AvgIpc) is 3.37. The lowest BCUT2D eigenvalue weighted by molar-refractivity contribution is -0.122. The zero-order valence-corrected chi connectivity index (χ0v) is 16.6. The first-order valence-electron chi connectivity index (χ1n) is 8.64. The first-order chi connectivity index (χ1) is 12.3. The van der Waals surface area contributed by atoms with Crippen molar-refractivity contribution in [2.45, 2.75) is 38.5 Å². The van der Waals surface area contributed by atoms with Crippen LogP contribution in [-0.4, -0.2) is 12.1 Å². The first-order valence-corrected chi connectivity index (χ1v) is 9.40. The highest BCUT2D eigenvalue weighted by Crippen LogP contribution is 2.47. The van der Waals surface area contributed by atoms with Gasteiger partial charge in [0.25, 0.3) is 0 Å². The smallest absolute Gasteiger partial charge is 0.243 e. The summed E-state index contributed by atoms with van der Waals surface area (Å²) in [4.78, 5) is 12.3. The van der Waals surface area contributed by atoms with E-state index in [0.29, 0.717) is 15.6 Å². The van der Waals surface area contributed by atoms with E-state index in [1.807, 2.05) is 0 Å². The van der Waals surface area contributed by atoms with Crippen LogP contribution in [0.4, 0.5) is 0 Å². The van der Waals surface area contributed by atoms with E-state index in [-0.39, 0.29) is 23.2 Å². The highest BCUT2D eigenvalue weighted by Gasteiger charge is 2.43. The van der Waals surface area contributed by atoms with E-state index in [1.165, 1.54) is 17.3 Å². The highest BCUT2D eigenvalue weighted by atomic mass is 35.5. The van der Waals surface area contributed by atoms with Crippen molar-refractivity contribution in [3.8, 4) is 0 Å². The van der Waals surface area contributed by atoms with Gasteiger partial charge in [-0.05, 0) is 41.0 Å². The van der Waals surface area contributed by atoms with Gasteiger partial charge in [0.1, 0.15) is 0 Å². The molecule has 2 aromatic carbocycles. The van der Waals surface area contributed by atoms with Gasteiger partial charge in [0, 0.05) is 16.5 Å². The van der Waals surface area contributed by atoms with Gasteiger partial charge in [0.05, 0.1) is 11.2 Å². The predicted octanol–water partition coefficient (Wildman–Crippen LogP) is 5.54. The Morgan fingerprint density at radius 2 is 1.85 bits per heavy atom. The molecule has 2 unspecified atom stereocenters. The molecule has 0 aromatic heterocycles. The maximum absolute atomic E-state index is 12.3. The first kappa shape index (κ1) is 18.9. The minimum absolute atomic E-state index is 0.0201. The van der Waals surface area contributed by atoms with Crippen molar-refractivity contribution in [3.05, 3.63) is 69.2 Å². The van der Waals surface area contributed by atoms with Gasteiger partial charge in [-0.3, -0.25) is 4.79 Å². The molecule has 1 aliphatic carbocycles. The van der Waals surface area contributed by atoms with Crippen molar-refractivity contribution in [1.29, 1.82) is 0 Å². The second-order valence-electron chi connectivity index (χ2n) is 7.72. The van der Waals surface area contributed by atoms with Gasteiger partial charge in [-0.1, -0.05) is 74.3 Å². The Morgan fingerprint density at radius 3 is 2.46 bits per heavy atom. The Labute approximate surface area is 164 Å². The number of carbonyl (C=O) groups is 1. The number of nitrogens with zero attached hydrogens (tertiary/aromatic N) is 1. The van der Waals surface area contributed by atoms with Crippen LogP contribution in [0.1, 0.15) is 49.8 Å². The minimum Gasteiger partial charge on any atom is -0.273 e. The molecule has 0 radical (unpaired) electrons. The number of hydrogen-bond acceptors (Lipinski definition) is 2. The number of hydrogen-bond donors (Lipinski definition) is 1. The summed E-state index contributed by atoms with van der Waals surface area (Å²) in [7, 11) is 0. The van der Waals surface area contributed by atoms with E-state index in [2.05, 4.69) is 55.6 Å². The molecule has 1 N–H and O–H groups in total. The largest absolute Gasteiger partial charge is 0.273 e. The van der Waals surface area contributed by atoms with E-state index in [4.69, 9.17) is 23.2 Å². The molecule has 2 aromatic rings. The monoisotopic (exact) mass is 388 g/mol. The Kier molecular flexibility index (Phi) is 5.40. The number of nitrogens with one attached hydrogen (secondary N) is 1. The molecule has 1 fully saturated rings. The molecule has 3 rings (SSSR count). The van der Waals surface area contributed by atoms with Gasteiger partial charge >= 0.3 is 0 Å². The van der Waals surface area contributed by atoms with Crippen LogP contribution in [-0.2, 0) is 10.2 Å². The second kappa shape index (κ2) is 7.42. The van der Waals surface area contributed by atoms with E-state index in [9.17, 15) is 4.79 Å². The van der Waals surface area contributed by atoms with E-state index in [1.54, 1.807) is 18.2 Å². The molecule has 26 heavy (non-hydrogen) atoms. The summed E-state index contributed by atoms with van der Waals surface area (Å²) >= 11 is 11.9. The van der Waals surface area contributed by atoms with Gasteiger partial charge in [0.2, 0.25) is 5.91 Å². The molecule has 1 saturated carbocycles. The Hall–Kier alpha value is -1.84. The number of carbonyl (C=O) groups excluding carboxylic acids is 1. The molecular formula is C21H22Cl2N2O. The average molecular weight is 389 g/mol. The fourth-order valence-electron chi connectivity index (χ4n) is 2.94. The summed E-state index contributed by atoms with van der Waals surface area (Å²) in [5.41, 5.74) is 5.96. The van der Waals surface area contributed by atoms with Crippen LogP contribution in [0.5, 0.6) is 0 Å². The van der Waals surface area contributed by atoms with Gasteiger partial charge in [-0.2, -0.15) is 5.10 Å². The van der Waals surface area contributed by atoms with Crippen LogP contribution in [0.2, 0.25) is 10.0 Å². The summed E-state index contributed by atoms with van der Waals surface area (Å²) < 4.78 is 0. The topological polar surface area (TPSA) is 41.5 Å². The Balaban J connectivity index is 1.56. The molecular weight excluding hydrogens is 367 g/mol. The number of benzene rings is 2. The van der Waals surface area contributed by atoms with Crippen LogP contribution < -0.4 is 5.43 Å². The van der Waals surface area contributed by atoms with Crippen molar-refractivity contribution in [1.82, 2.24) is 5.43 Å². The van der Waals surface area contributed by atoms with Crippen LogP contribution >= 0.6 is 23.2 Å². The van der Waals surface area contributed by atoms with Gasteiger partial charge in [-0.25, -0.2) is 5.43 Å².